The molecule has 0 saturated carbocycles. The van der Waals surface area contributed by atoms with E-state index in [1.807, 2.05) is 17.5 Å². The first kappa shape index (κ1) is 21.7. The number of hydrogen-bond donors (Lipinski definition) is 0. The van der Waals surface area contributed by atoms with Gasteiger partial charge in [-0.05, 0) is 36.9 Å². The number of carbonyl (C=O) groups is 1. The fourth-order valence-electron chi connectivity index (χ4n) is 3.41. The van der Waals surface area contributed by atoms with E-state index in [0.29, 0.717) is 10.5 Å². The number of rotatable bonds is 5. The molecule has 32 heavy (non-hydrogen) atoms. The van der Waals surface area contributed by atoms with Gasteiger partial charge in [0.05, 0.1) is 27.3 Å². The maximum atomic E-state index is 13.4. The molecule has 4 rings (SSSR count). The van der Waals surface area contributed by atoms with E-state index in [1.54, 1.807) is 13.8 Å². The summed E-state index contributed by atoms with van der Waals surface area (Å²) in [6.07, 6.45) is 1.33. The molecule has 0 radical (unpaired) electrons. The van der Waals surface area contributed by atoms with Crippen LogP contribution >= 0.6 is 22.7 Å². The minimum Gasteiger partial charge on any atom is -0.872 e. The third kappa shape index (κ3) is 3.76. The van der Waals surface area contributed by atoms with Crippen LogP contribution in [0, 0.1) is 10.1 Å². The zero-order valence-electron chi connectivity index (χ0n) is 16.9. The zero-order chi connectivity index (χ0) is 23.0. The maximum Gasteiger partial charge on any atom is 0.338 e. The standard InChI is InChI=1S/C21H17N3O6S2/c1-3-30-20(27)17-11(2)22-21-23(18(17)15-5-4-8-31-15)19(26)16(32-21)10-12-9-13(24(28)29)6-7-14(12)25/h4-10,18,25H,3H2,1-2H3/p-1/b16-10+/t18-/m1/s1. The van der Waals surface area contributed by atoms with Gasteiger partial charge in [0, 0.05) is 17.0 Å². The first-order valence-electron chi connectivity index (χ1n) is 9.50. The minimum atomic E-state index is -0.718. The van der Waals surface area contributed by atoms with Gasteiger partial charge in [0.15, 0.2) is 4.80 Å². The predicted molar refractivity (Wildman–Crippen MR) is 117 cm³/mol. The molecule has 164 valence electrons. The lowest BCUT2D eigenvalue weighted by molar-refractivity contribution is -0.385. The van der Waals surface area contributed by atoms with E-state index in [2.05, 4.69) is 4.99 Å². The molecule has 1 aliphatic rings. The smallest absolute Gasteiger partial charge is 0.338 e. The highest BCUT2D eigenvalue weighted by atomic mass is 32.1. The number of nitrogens with zero attached hydrogens (tertiary/aromatic N) is 3. The summed E-state index contributed by atoms with van der Waals surface area (Å²) >= 11 is 2.44. The molecule has 3 heterocycles. The van der Waals surface area contributed by atoms with Gasteiger partial charge in [0.2, 0.25) is 0 Å². The highest BCUT2D eigenvalue weighted by molar-refractivity contribution is 7.10. The second kappa shape index (κ2) is 8.52. The lowest BCUT2D eigenvalue weighted by Gasteiger charge is -2.23. The number of hydrogen-bond acceptors (Lipinski definition) is 9. The van der Waals surface area contributed by atoms with Crippen LogP contribution in [-0.4, -0.2) is 22.1 Å². The SMILES string of the molecule is CCOC(=O)C1=C(C)N=c2s/c(=C/c3cc([N+](=O)[O-])ccc3[O-])c(=O)n2[C@@H]1c1cccs1. The van der Waals surface area contributed by atoms with Gasteiger partial charge in [0.25, 0.3) is 11.2 Å². The number of thiophene rings is 1. The number of aromatic nitrogens is 1. The van der Waals surface area contributed by atoms with Crippen molar-refractivity contribution in [2.75, 3.05) is 6.61 Å². The van der Waals surface area contributed by atoms with Gasteiger partial charge in [-0.2, -0.15) is 0 Å². The summed E-state index contributed by atoms with van der Waals surface area (Å²) in [5.74, 6) is -0.999. The highest BCUT2D eigenvalue weighted by Gasteiger charge is 2.33. The molecular formula is C21H16N3O6S2-. The van der Waals surface area contributed by atoms with Crippen molar-refractivity contribution in [3.8, 4) is 5.75 Å². The quantitative estimate of drug-likeness (QED) is 0.318. The zero-order valence-corrected chi connectivity index (χ0v) is 18.6. The summed E-state index contributed by atoms with van der Waals surface area (Å²) in [5, 5.41) is 25.1. The topological polar surface area (TPSA) is 127 Å². The summed E-state index contributed by atoms with van der Waals surface area (Å²) in [7, 11) is 0. The summed E-state index contributed by atoms with van der Waals surface area (Å²) in [6.45, 7) is 3.55. The summed E-state index contributed by atoms with van der Waals surface area (Å²) in [6, 6.07) is 6.27. The number of benzene rings is 1. The van der Waals surface area contributed by atoms with Crippen molar-refractivity contribution >= 4 is 40.4 Å². The molecule has 1 aliphatic heterocycles. The van der Waals surface area contributed by atoms with Crippen LogP contribution in [0.25, 0.3) is 6.08 Å². The molecule has 0 bridgehead atoms. The fourth-order valence-corrected chi connectivity index (χ4v) is 5.27. The highest BCUT2D eigenvalue weighted by Crippen LogP contribution is 2.33. The molecule has 9 nitrogen and oxygen atoms in total. The number of non-ortho nitro benzene ring substituents is 1. The van der Waals surface area contributed by atoms with Crippen molar-refractivity contribution in [1.82, 2.24) is 4.57 Å². The number of fused-ring (bicyclic) bond motifs is 1. The Balaban J connectivity index is 1.95. The Kier molecular flexibility index (Phi) is 5.76. The van der Waals surface area contributed by atoms with Gasteiger partial charge in [-0.1, -0.05) is 23.5 Å². The van der Waals surface area contributed by atoms with E-state index in [4.69, 9.17) is 4.74 Å². The average Bonchev–Trinajstić information content (AvgIpc) is 3.37. The van der Waals surface area contributed by atoms with Crippen LogP contribution in [0.15, 0.2) is 56.8 Å². The van der Waals surface area contributed by atoms with Crippen molar-refractivity contribution < 1.29 is 19.6 Å². The van der Waals surface area contributed by atoms with E-state index in [0.717, 1.165) is 34.4 Å². The molecule has 0 saturated heterocycles. The average molecular weight is 471 g/mol. The molecule has 0 spiro atoms. The molecule has 11 heteroatoms. The number of ether oxygens (including phenoxy) is 1. The van der Waals surface area contributed by atoms with Crippen molar-refractivity contribution in [3.63, 3.8) is 0 Å². The Morgan fingerprint density at radius 3 is 2.81 bits per heavy atom. The normalized spacial score (nSPS) is 15.9. The van der Waals surface area contributed by atoms with Gasteiger partial charge >= 0.3 is 5.97 Å². The van der Waals surface area contributed by atoms with Gasteiger partial charge < -0.3 is 9.84 Å². The summed E-state index contributed by atoms with van der Waals surface area (Å²) < 4.78 is 6.80. The Labute approximate surface area is 189 Å². The lowest BCUT2D eigenvalue weighted by atomic mass is 10.0. The Bertz CT molecular complexity index is 1430. The van der Waals surface area contributed by atoms with Crippen LogP contribution in [0.4, 0.5) is 5.69 Å². The number of nitro benzene ring substituents is 1. The molecule has 3 aromatic rings. The van der Waals surface area contributed by atoms with E-state index in [1.165, 1.54) is 22.0 Å². The van der Waals surface area contributed by atoms with Crippen LogP contribution in [-0.2, 0) is 9.53 Å². The number of thiazole rings is 1. The maximum absolute atomic E-state index is 13.4. The van der Waals surface area contributed by atoms with E-state index in [-0.39, 0.29) is 28.0 Å². The summed E-state index contributed by atoms with van der Waals surface area (Å²) in [5.41, 5.74) is 0.0361. The Hall–Kier alpha value is -3.57. The molecule has 0 fully saturated rings. The van der Waals surface area contributed by atoms with Crippen molar-refractivity contribution in [1.29, 1.82) is 0 Å². The lowest BCUT2D eigenvalue weighted by Crippen LogP contribution is -2.39. The summed E-state index contributed by atoms with van der Waals surface area (Å²) in [4.78, 5) is 42.1. The molecule has 2 aromatic heterocycles. The van der Waals surface area contributed by atoms with Gasteiger partial charge in [-0.15, -0.1) is 17.1 Å². The van der Waals surface area contributed by atoms with Crippen molar-refractivity contribution in [2.45, 2.75) is 19.9 Å². The van der Waals surface area contributed by atoms with E-state index in [9.17, 15) is 24.8 Å². The third-order valence-corrected chi connectivity index (χ3v) is 6.73. The molecule has 1 atom stereocenters. The van der Waals surface area contributed by atoms with E-state index >= 15 is 0 Å². The number of carbonyl (C=O) groups excluding carboxylic acids is 1. The minimum absolute atomic E-state index is 0.0264. The predicted octanol–water partition coefficient (Wildman–Crippen LogP) is 1.84. The van der Waals surface area contributed by atoms with Crippen molar-refractivity contribution in [3.05, 3.63) is 87.2 Å². The van der Waals surface area contributed by atoms with Crippen LogP contribution in [0.5, 0.6) is 5.75 Å². The number of esters is 1. The third-order valence-electron chi connectivity index (χ3n) is 4.82. The second-order valence-corrected chi connectivity index (χ2v) is 8.79. The van der Waals surface area contributed by atoms with Crippen LogP contribution in [0.2, 0.25) is 0 Å². The molecule has 0 amide bonds. The van der Waals surface area contributed by atoms with Crippen LogP contribution < -0.4 is 20.0 Å². The molecule has 0 unspecified atom stereocenters. The van der Waals surface area contributed by atoms with Gasteiger partial charge in [-0.25, -0.2) is 9.79 Å². The number of nitro groups is 1. The largest absolute Gasteiger partial charge is 0.872 e. The molecule has 0 aliphatic carbocycles. The Morgan fingerprint density at radius 2 is 2.16 bits per heavy atom. The first-order chi connectivity index (χ1) is 15.3. The van der Waals surface area contributed by atoms with Crippen LogP contribution in [0.3, 0.4) is 0 Å². The second-order valence-electron chi connectivity index (χ2n) is 6.80. The number of allylic oxidation sites excluding steroid dienone is 1. The molecule has 1 aromatic carbocycles. The van der Waals surface area contributed by atoms with Crippen LogP contribution in [0.1, 0.15) is 30.3 Å². The van der Waals surface area contributed by atoms with E-state index < -0.39 is 28.2 Å². The Morgan fingerprint density at radius 1 is 1.38 bits per heavy atom. The monoisotopic (exact) mass is 470 g/mol. The molecular weight excluding hydrogens is 454 g/mol. The molecule has 0 N–H and O–H groups in total. The van der Waals surface area contributed by atoms with Gasteiger partial charge in [-0.3, -0.25) is 19.5 Å². The van der Waals surface area contributed by atoms with Crippen molar-refractivity contribution in [2.24, 2.45) is 4.99 Å². The fraction of sp³-hybridized carbons (Fsp3) is 0.190. The first-order valence-corrected chi connectivity index (χ1v) is 11.2. The van der Waals surface area contributed by atoms with Gasteiger partial charge in [0.1, 0.15) is 6.04 Å².